The standard InChI is InChI=1S/C22H18N2O4S/c1-2-14-5-3-7-19-20(14)23-22(29-19)24(12-16-6-4-10-26-16)21(25)15-8-9-17-18(11-15)28-13-27-17/h3-11H,2,12-13H2,1H3. The van der Waals surface area contributed by atoms with E-state index in [4.69, 9.17) is 18.9 Å². The summed E-state index contributed by atoms with van der Waals surface area (Å²) < 4.78 is 17.4. The maximum absolute atomic E-state index is 13.5. The molecule has 1 aliphatic heterocycles. The molecule has 4 aromatic rings. The highest BCUT2D eigenvalue weighted by atomic mass is 32.1. The van der Waals surface area contributed by atoms with E-state index in [0.29, 0.717) is 34.5 Å². The summed E-state index contributed by atoms with van der Waals surface area (Å²) in [6, 6.07) is 15.0. The van der Waals surface area contributed by atoms with Crippen LogP contribution >= 0.6 is 11.3 Å². The molecule has 1 amide bonds. The monoisotopic (exact) mass is 406 g/mol. The van der Waals surface area contributed by atoms with Crippen LogP contribution in [0.15, 0.2) is 59.2 Å². The molecule has 7 heteroatoms. The summed E-state index contributed by atoms with van der Waals surface area (Å²) in [5, 5.41) is 0.639. The third kappa shape index (κ3) is 3.23. The molecular weight excluding hydrogens is 388 g/mol. The summed E-state index contributed by atoms with van der Waals surface area (Å²) in [6.07, 6.45) is 2.49. The lowest BCUT2D eigenvalue weighted by atomic mass is 10.1. The van der Waals surface area contributed by atoms with Crippen molar-refractivity contribution >= 4 is 32.6 Å². The van der Waals surface area contributed by atoms with E-state index in [1.165, 1.54) is 16.9 Å². The Labute approximate surface area is 171 Å². The minimum absolute atomic E-state index is 0.167. The molecule has 146 valence electrons. The molecule has 3 heterocycles. The second kappa shape index (κ2) is 7.25. The van der Waals surface area contributed by atoms with Gasteiger partial charge in [0, 0.05) is 5.56 Å². The fourth-order valence-electron chi connectivity index (χ4n) is 3.36. The molecule has 2 aromatic heterocycles. The SMILES string of the molecule is CCc1cccc2sc(N(Cc3ccco3)C(=O)c3ccc4c(c3)OCO4)nc12. The maximum atomic E-state index is 13.5. The van der Waals surface area contributed by atoms with Crippen molar-refractivity contribution in [2.75, 3.05) is 11.7 Å². The van der Waals surface area contributed by atoms with Crippen molar-refractivity contribution in [1.29, 1.82) is 0 Å². The van der Waals surface area contributed by atoms with Crippen LogP contribution in [-0.4, -0.2) is 17.7 Å². The molecule has 5 rings (SSSR count). The van der Waals surface area contributed by atoms with Gasteiger partial charge in [-0.2, -0.15) is 0 Å². The first-order valence-corrected chi connectivity index (χ1v) is 10.2. The third-order valence-electron chi connectivity index (χ3n) is 4.86. The zero-order valence-corrected chi connectivity index (χ0v) is 16.6. The van der Waals surface area contributed by atoms with E-state index in [0.717, 1.165) is 16.6 Å². The molecule has 29 heavy (non-hydrogen) atoms. The van der Waals surface area contributed by atoms with Gasteiger partial charge in [-0.3, -0.25) is 9.69 Å². The number of benzene rings is 2. The van der Waals surface area contributed by atoms with E-state index >= 15 is 0 Å². The summed E-state index contributed by atoms with van der Waals surface area (Å²) in [6.45, 7) is 2.56. The van der Waals surface area contributed by atoms with Gasteiger partial charge in [-0.25, -0.2) is 4.98 Å². The number of thiazole rings is 1. The molecule has 0 atom stereocenters. The van der Waals surface area contributed by atoms with Crippen molar-refractivity contribution in [2.45, 2.75) is 19.9 Å². The zero-order valence-electron chi connectivity index (χ0n) is 15.8. The fraction of sp³-hybridized carbons (Fsp3) is 0.182. The number of furan rings is 1. The van der Waals surface area contributed by atoms with Crippen LogP contribution in [0.4, 0.5) is 5.13 Å². The Bertz CT molecular complexity index is 1180. The predicted octanol–water partition coefficient (Wildman–Crippen LogP) is 5.03. The number of carbonyl (C=O) groups excluding carboxylic acids is 1. The van der Waals surface area contributed by atoms with Gasteiger partial charge in [0.1, 0.15) is 5.76 Å². The molecule has 1 aliphatic rings. The first-order valence-electron chi connectivity index (χ1n) is 9.35. The Hall–Kier alpha value is -3.32. The fourth-order valence-corrected chi connectivity index (χ4v) is 4.38. The van der Waals surface area contributed by atoms with Crippen LogP contribution in [0.25, 0.3) is 10.2 Å². The van der Waals surface area contributed by atoms with Crippen LogP contribution < -0.4 is 14.4 Å². The number of aryl methyl sites for hydroxylation is 1. The second-order valence-electron chi connectivity index (χ2n) is 6.65. The van der Waals surface area contributed by atoms with Gasteiger partial charge in [0.2, 0.25) is 6.79 Å². The van der Waals surface area contributed by atoms with E-state index in [1.54, 1.807) is 29.4 Å². The van der Waals surface area contributed by atoms with Gasteiger partial charge in [-0.15, -0.1) is 0 Å². The van der Waals surface area contributed by atoms with E-state index in [1.807, 2.05) is 24.3 Å². The summed E-state index contributed by atoms with van der Waals surface area (Å²) in [4.78, 5) is 19.9. The number of hydrogen-bond donors (Lipinski definition) is 0. The van der Waals surface area contributed by atoms with Crippen LogP contribution in [0.3, 0.4) is 0 Å². The Kier molecular flexibility index (Phi) is 4.44. The Balaban J connectivity index is 1.57. The molecule has 0 saturated carbocycles. The van der Waals surface area contributed by atoms with Gasteiger partial charge in [0.15, 0.2) is 16.6 Å². The number of anilines is 1. The summed E-state index contributed by atoms with van der Waals surface area (Å²) in [7, 11) is 0. The lowest BCUT2D eigenvalue weighted by Gasteiger charge is -2.19. The minimum Gasteiger partial charge on any atom is -0.467 e. The molecule has 0 saturated heterocycles. The number of carbonyl (C=O) groups is 1. The highest BCUT2D eigenvalue weighted by Crippen LogP contribution is 2.35. The topological polar surface area (TPSA) is 64.8 Å². The van der Waals surface area contributed by atoms with Crippen molar-refractivity contribution in [3.8, 4) is 11.5 Å². The van der Waals surface area contributed by atoms with E-state index in [9.17, 15) is 4.79 Å². The van der Waals surface area contributed by atoms with Gasteiger partial charge < -0.3 is 13.9 Å². The Morgan fingerprint density at radius 2 is 2.03 bits per heavy atom. The third-order valence-corrected chi connectivity index (χ3v) is 5.91. The molecule has 0 aliphatic carbocycles. The number of ether oxygens (including phenoxy) is 2. The Morgan fingerprint density at radius 3 is 2.86 bits per heavy atom. The first kappa shape index (κ1) is 17.8. The largest absolute Gasteiger partial charge is 0.467 e. The number of nitrogens with zero attached hydrogens (tertiary/aromatic N) is 2. The van der Waals surface area contributed by atoms with Crippen molar-refractivity contribution in [3.63, 3.8) is 0 Å². The van der Waals surface area contributed by atoms with E-state index < -0.39 is 0 Å². The predicted molar refractivity (Wildman–Crippen MR) is 111 cm³/mol. The van der Waals surface area contributed by atoms with Crippen LogP contribution in [0, 0.1) is 0 Å². The van der Waals surface area contributed by atoms with E-state index in [-0.39, 0.29) is 12.7 Å². The van der Waals surface area contributed by atoms with Gasteiger partial charge in [0.05, 0.1) is 23.0 Å². The van der Waals surface area contributed by atoms with Gasteiger partial charge in [-0.05, 0) is 48.4 Å². The molecule has 2 aromatic carbocycles. The zero-order chi connectivity index (χ0) is 19.8. The molecule has 6 nitrogen and oxygen atoms in total. The second-order valence-corrected chi connectivity index (χ2v) is 7.66. The van der Waals surface area contributed by atoms with Gasteiger partial charge in [0.25, 0.3) is 5.91 Å². The smallest absolute Gasteiger partial charge is 0.260 e. The Morgan fingerprint density at radius 1 is 1.14 bits per heavy atom. The molecule has 0 fully saturated rings. The van der Waals surface area contributed by atoms with Crippen LogP contribution in [0.1, 0.15) is 28.6 Å². The number of hydrogen-bond acceptors (Lipinski definition) is 6. The summed E-state index contributed by atoms with van der Waals surface area (Å²) in [5.74, 6) is 1.74. The van der Waals surface area contributed by atoms with Gasteiger partial charge in [-0.1, -0.05) is 30.4 Å². The normalized spacial score (nSPS) is 12.4. The molecule has 0 radical (unpaired) electrons. The lowest BCUT2D eigenvalue weighted by Crippen LogP contribution is -2.30. The lowest BCUT2D eigenvalue weighted by molar-refractivity contribution is 0.0983. The first-order chi connectivity index (χ1) is 14.2. The number of rotatable bonds is 5. The van der Waals surface area contributed by atoms with Crippen LogP contribution in [-0.2, 0) is 13.0 Å². The van der Waals surface area contributed by atoms with Gasteiger partial charge >= 0.3 is 0 Å². The van der Waals surface area contributed by atoms with Crippen molar-refractivity contribution in [1.82, 2.24) is 4.98 Å². The molecule has 0 spiro atoms. The highest BCUT2D eigenvalue weighted by Gasteiger charge is 2.25. The average molecular weight is 406 g/mol. The van der Waals surface area contributed by atoms with Crippen molar-refractivity contribution in [3.05, 3.63) is 71.7 Å². The van der Waals surface area contributed by atoms with Crippen molar-refractivity contribution in [2.24, 2.45) is 0 Å². The maximum Gasteiger partial charge on any atom is 0.260 e. The molecule has 0 N–H and O–H groups in total. The number of aromatic nitrogens is 1. The summed E-state index contributed by atoms with van der Waals surface area (Å²) in [5.41, 5.74) is 2.62. The van der Waals surface area contributed by atoms with E-state index in [2.05, 4.69) is 13.0 Å². The molecule has 0 bridgehead atoms. The number of amides is 1. The van der Waals surface area contributed by atoms with Crippen molar-refractivity contribution < 1.29 is 18.7 Å². The number of para-hydroxylation sites is 1. The summed E-state index contributed by atoms with van der Waals surface area (Å²) >= 11 is 1.50. The molecule has 0 unspecified atom stereocenters. The number of fused-ring (bicyclic) bond motifs is 2. The van der Waals surface area contributed by atoms with Crippen LogP contribution in [0.2, 0.25) is 0 Å². The quantitative estimate of drug-likeness (QED) is 0.465. The minimum atomic E-state index is -0.170. The van der Waals surface area contributed by atoms with Crippen LogP contribution in [0.5, 0.6) is 11.5 Å². The average Bonchev–Trinajstić information content (AvgIpc) is 3.50. The highest BCUT2D eigenvalue weighted by molar-refractivity contribution is 7.22. The molecular formula is C22H18N2O4S.